The van der Waals surface area contributed by atoms with Crippen LogP contribution in [0.15, 0.2) is 18.2 Å². The van der Waals surface area contributed by atoms with E-state index in [2.05, 4.69) is 10.6 Å². The van der Waals surface area contributed by atoms with Crippen molar-refractivity contribution in [1.29, 1.82) is 0 Å². The van der Waals surface area contributed by atoms with E-state index < -0.39 is 29.9 Å². The van der Waals surface area contributed by atoms with Crippen LogP contribution in [0, 0.1) is 19.8 Å². The Morgan fingerprint density at radius 1 is 1.23 bits per heavy atom. The molecular weight excluding hydrogens is 520 g/mol. The molecule has 0 spiro atoms. The van der Waals surface area contributed by atoms with Gasteiger partial charge in [0.05, 0.1) is 22.9 Å². The highest BCUT2D eigenvalue weighted by molar-refractivity contribution is 7.12. The van der Waals surface area contributed by atoms with Crippen molar-refractivity contribution in [1.82, 2.24) is 15.1 Å². The number of benzene rings is 1. The number of anilines is 1. The first-order chi connectivity index (χ1) is 18.5. The van der Waals surface area contributed by atoms with Crippen LogP contribution in [-0.4, -0.2) is 65.1 Å². The Kier molecular flexibility index (Phi) is 7.04. The Hall–Kier alpha value is -3.60. The molecule has 0 saturated heterocycles. The SMILES string of the molecule is CNC(=O)Nc1ccc2c(c1)CCC2(C)C(=O)N(CC(=O)N1Cc2sc(C)c(C)c2OC[C@H]1C1CC1)C(=O)O. The minimum absolute atomic E-state index is 0.156. The fourth-order valence-corrected chi connectivity index (χ4v) is 6.87. The summed E-state index contributed by atoms with van der Waals surface area (Å²) in [6.45, 7) is 5.92. The molecule has 11 heteroatoms. The van der Waals surface area contributed by atoms with Crippen LogP contribution in [0.3, 0.4) is 0 Å². The summed E-state index contributed by atoms with van der Waals surface area (Å²) in [5.74, 6) is 0.126. The number of thiophene rings is 1. The molecule has 208 valence electrons. The second-order valence-electron chi connectivity index (χ2n) is 10.9. The highest BCUT2D eigenvalue weighted by Gasteiger charge is 2.47. The summed E-state index contributed by atoms with van der Waals surface area (Å²) in [5.41, 5.74) is 2.13. The zero-order valence-electron chi connectivity index (χ0n) is 22.6. The van der Waals surface area contributed by atoms with Gasteiger partial charge in [-0.05, 0) is 75.6 Å². The molecule has 2 heterocycles. The average Bonchev–Trinajstić information content (AvgIpc) is 3.67. The largest absolute Gasteiger partial charge is 0.490 e. The molecule has 10 nitrogen and oxygen atoms in total. The van der Waals surface area contributed by atoms with Gasteiger partial charge >= 0.3 is 12.1 Å². The van der Waals surface area contributed by atoms with Crippen molar-refractivity contribution in [3.8, 4) is 5.75 Å². The van der Waals surface area contributed by atoms with Crippen molar-refractivity contribution in [2.24, 2.45) is 5.92 Å². The first-order valence-electron chi connectivity index (χ1n) is 13.2. The second kappa shape index (κ2) is 10.2. The number of nitrogens with zero attached hydrogens (tertiary/aromatic N) is 2. The lowest BCUT2D eigenvalue weighted by Crippen LogP contribution is -2.53. The van der Waals surface area contributed by atoms with E-state index in [4.69, 9.17) is 4.74 Å². The van der Waals surface area contributed by atoms with E-state index in [1.165, 1.54) is 7.05 Å². The number of nitrogens with one attached hydrogen (secondary N) is 2. The van der Waals surface area contributed by atoms with Crippen LogP contribution in [0.25, 0.3) is 0 Å². The minimum Gasteiger partial charge on any atom is -0.490 e. The summed E-state index contributed by atoms with van der Waals surface area (Å²) in [6.07, 6.45) is 1.50. The van der Waals surface area contributed by atoms with Gasteiger partial charge in [-0.3, -0.25) is 9.59 Å². The molecule has 5 amide bonds. The number of carbonyl (C=O) groups is 4. The molecule has 0 radical (unpaired) electrons. The standard InChI is InChI=1S/C28H34N4O6S/c1-15-16(2)39-22-12-31(21(17-5-6-17)14-38-24(15)22)23(33)13-32(27(36)37)25(34)28(3)10-9-18-11-19(7-8-20(18)28)30-26(35)29-4/h7-8,11,17,21H,5-6,9-10,12-14H2,1-4H3,(H,36,37)(H2,29,30,35)/t21-,28?/m0/s1. The number of rotatable bonds is 5. The van der Waals surface area contributed by atoms with Crippen LogP contribution in [0.1, 0.15) is 52.6 Å². The molecule has 39 heavy (non-hydrogen) atoms. The summed E-state index contributed by atoms with van der Waals surface area (Å²) in [6, 6.07) is 4.74. The van der Waals surface area contributed by atoms with E-state index in [1.54, 1.807) is 41.4 Å². The van der Waals surface area contributed by atoms with Crippen molar-refractivity contribution >= 4 is 41.0 Å². The van der Waals surface area contributed by atoms with Gasteiger partial charge in [-0.2, -0.15) is 0 Å². The Bertz CT molecular complexity index is 1350. The number of urea groups is 1. The monoisotopic (exact) mass is 554 g/mol. The molecule has 5 rings (SSSR count). The summed E-state index contributed by atoms with van der Waals surface area (Å²) in [5, 5.41) is 15.3. The van der Waals surface area contributed by atoms with Gasteiger partial charge in [0.1, 0.15) is 18.9 Å². The molecule has 1 fully saturated rings. The third-order valence-corrected chi connectivity index (χ3v) is 9.49. The van der Waals surface area contributed by atoms with Crippen LogP contribution in [0.4, 0.5) is 15.3 Å². The zero-order valence-corrected chi connectivity index (χ0v) is 23.4. The average molecular weight is 555 g/mol. The van der Waals surface area contributed by atoms with Crippen LogP contribution < -0.4 is 15.4 Å². The van der Waals surface area contributed by atoms with Gasteiger partial charge in [0.2, 0.25) is 11.8 Å². The maximum absolute atomic E-state index is 13.8. The van der Waals surface area contributed by atoms with Crippen LogP contribution in [-0.2, 0) is 28.0 Å². The predicted molar refractivity (Wildman–Crippen MR) is 146 cm³/mol. The fourth-order valence-electron chi connectivity index (χ4n) is 5.75. The summed E-state index contributed by atoms with van der Waals surface area (Å²) < 4.78 is 6.16. The normalized spacial score (nSPS) is 21.7. The number of carbonyl (C=O) groups excluding carboxylic acids is 3. The number of aryl methyl sites for hydroxylation is 2. The molecule has 0 bridgehead atoms. The molecule has 1 aromatic heterocycles. The lowest BCUT2D eigenvalue weighted by Gasteiger charge is -2.33. The molecule has 3 aliphatic rings. The second-order valence-corrected chi connectivity index (χ2v) is 12.2. The number of amides is 5. The summed E-state index contributed by atoms with van der Waals surface area (Å²) in [4.78, 5) is 56.1. The van der Waals surface area contributed by atoms with Crippen molar-refractivity contribution in [2.45, 2.75) is 64.5 Å². The molecule has 2 atom stereocenters. The van der Waals surface area contributed by atoms with Gasteiger partial charge in [-0.15, -0.1) is 11.3 Å². The highest BCUT2D eigenvalue weighted by atomic mass is 32.1. The van der Waals surface area contributed by atoms with Crippen molar-refractivity contribution < 1.29 is 29.0 Å². The van der Waals surface area contributed by atoms with E-state index in [9.17, 15) is 24.3 Å². The topological polar surface area (TPSA) is 128 Å². The highest BCUT2D eigenvalue weighted by Crippen LogP contribution is 2.43. The van der Waals surface area contributed by atoms with Gasteiger partial charge < -0.3 is 25.4 Å². The third kappa shape index (κ3) is 4.95. The molecule has 1 unspecified atom stereocenters. The van der Waals surface area contributed by atoms with E-state index in [-0.39, 0.29) is 12.1 Å². The maximum atomic E-state index is 13.8. The summed E-state index contributed by atoms with van der Waals surface area (Å²) in [7, 11) is 1.52. The molecule has 2 aromatic rings. The molecule has 1 aliphatic heterocycles. The van der Waals surface area contributed by atoms with Crippen molar-refractivity contribution in [3.05, 3.63) is 44.6 Å². The third-order valence-electron chi connectivity index (χ3n) is 8.32. The number of carboxylic acid groups (broad SMARTS) is 1. The van der Waals surface area contributed by atoms with Crippen molar-refractivity contribution in [2.75, 3.05) is 25.5 Å². The quantitative estimate of drug-likeness (QED) is 0.512. The first-order valence-corrected chi connectivity index (χ1v) is 14.0. The Morgan fingerprint density at radius 3 is 2.64 bits per heavy atom. The minimum atomic E-state index is -1.45. The Labute approximate surface area is 231 Å². The molecule has 3 N–H and O–H groups in total. The molecule has 1 aromatic carbocycles. The van der Waals surface area contributed by atoms with E-state index in [1.807, 2.05) is 13.8 Å². The van der Waals surface area contributed by atoms with Crippen LogP contribution in [0.2, 0.25) is 0 Å². The zero-order chi connectivity index (χ0) is 28.1. The van der Waals surface area contributed by atoms with Crippen molar-refractivity contribution in [3.63, 3.8) is 0 Å². The van der Waals surface area contributed by atoms with E-state index >= 15 is 0 Å². The number of hydrogen-bond acceptors (Lipinski definition) is 6. The lowest BCUT2D eigenvalue weighted by atomic mass is 9.82. The van der Waals surface area contributed by atoms with Gasteiger partial charge in [0, 0.05) is 23.2 Å². The van der Waals surface area contributed by atoms with Crippen LogP contribution >= 0.6 is 11.3 Å². The van der Waals surface area contributed by atoms with Gasteiger partial charge in [0.25, 0.3) is 0 Å². The number of hydrogen-bond donors (Lipinski definition) is 3. The number of imide groups is 1. The Morgan fingerprint density at radius 2 is 1.97 bits per heavy atom. The first kappa shape index (κ1) is 27.0. The smallest absolute Gasteiger partial charge is 0.414 e. The van der Waals surface area contributed by atoms with Gasteiger partial charge in [0.15, 0.2) is 0 Å². The van der Waals surface area contributed by atoms with E-state index in [0.29, 0.717) is 48.1 Å². The van der Waals surface area contributed by atoms with Gasteiger partial charge in [-0.1, -0.05) is 6.07 Å². The van der Waals surface area contributed by atoms with Gasteiger partial charge in [-0.25, -0.2) is 14.5 Å². The molecular formula is C28H34N4O6S. The molecule has 2 aliphatic carbocycles. The number of ether oxygens (including phenoxy) is 1. The number of fused-ring (bicyclic) bond motifs is 2. The fraction of sp³-hybridized carbons (Fsp3) is 0.500. The van der Waals surface area contributed by atoms with E-state index in [0.717, 1.165) is 39.5 Å². The molecule has 1 saturated carbocycles. The predicted octanol–water partition coefficient (Wildman–Crippen LogP) is 4.03. The Balaban J connectivity index is 1.38. The maximum Gasteiger partial charge on any atom is 0.414 e. The van der Waals surface area contributed by atoms with Crippen LogP contribution in [0.5, 0.6) is 5.75 Å². The summed E-state index contributed by atoms with van der Waals surface area (Å²) >= 11 is 1.59. The lowest BCUT2D eigenvalue weighted by molar-refractivity contribution is -0.143.